The van der Waals surface area contributed by atoms with E-state index in [0.29, 0.717) is 29.5 Å². The van der Waals surface area contributed by atoms with E-state index in [0.717, 1.165) is 25.9 Å². The van der Waals surface area contributed by atoms with Crippen LogP contribution in [0.25, 0.3) is 0 Å². The van der Waals surface area contributed by atoms with Crippen LogP contribution < -0.4 is 16.0 Å². The average Bonchev–Trinajstić information content (AvgIpc) is 2.55. The highest BCUT2D eigenvalue weighted by Gasteiger charge is 2.22. The molecule has 1 aliphatic rings. The Morgan fingerprint density at radius 3 is 2.64 bits per heavy atom. The third-order valence-electron chi connectivity index (χ3n) is 4.37. The molecule has 0 radical (unpaired) electrons. The number of carbonyl (C=O) groups is 2. The van der Waals surface area contributed by atoms with Gasteiger partial charge in [-0.25, -0.2) is 0 Å². The molecule has 0 aliphatic carbocycles. The Morgan fingerprint density at radius 2 is 1.95 bits per heavy atom. The molecule has 22 heavy (non-hydrogen) atoms. The van der Waals surface area contributed by atoms with Gasteiger partial charge in [-0.05, 0) is 49.9 Å². The zero-order valence-electron chi connectivity index (χ0n) is 13.3. The number of hydrogen-bond donors (Lipinski definition) is 3. The van der Waals surface area contributed by atoms with Gasteiger partial charge in [0.15, 0.2) is 0 Å². The number of carbonyl (C=O) groups excluding carboxylic acids is 2. The number of nitrogens with one attached hydrogen (secondary N) is 3. The minimum atomic E-state index is -0.192. The normalized spacial score (nSPS) is 16.8. The lowest BCUT2D eigenvalue weighted by atomic mass is 9.84. The van der Waals surface area contributed by atoms with Crippen LogP contribution in [0.1, 0.15) is 36.5 Å². The number of anilines is 1. The van der Waals surface area contributed by atoms with Crippen molar-refractivity contribution in [3.05, 3.63) is 29.8 Å². The van der Waals surface area contributed by atoms with E-state index in [4.69, 9.17) is 0 Å². The van der Waals surface area contributed by atoms with Crippen molar-refractivity contribution in [2.75, 3.05) is 25.5 Å². The molecule has 1 aliphatic heterocycles. The molecule has 1 aromatic carbocycles. The van der Waals surface area contributed by atoms with Crippen molar-refractivity contribution in [2.45, 2.75) is 26.2 Å². The molecule has 1 atom stereocenters. The molecule has 0 saturated carbocycles. The maximum absolute atomic E-state index is 12.3. The summed E-state index contributed by atoms with van der Waals surface area (Å²) < 4.78 is 0. The van der Waals surface area contributed by atoms with Crippen molar-refractivity contribution in [3.63, 3.8) is 0 Å². The van der Waals surface area contributed by atoms with E-state index in [2.05, 4.69) is 22.9 Å². The Balaban J connectivity index is 1.95. The first-order valence-electron chi connectivity index (χ1n) is 7.93. The number of rotatable bonds is 5. The summed E-state index contributed by atoms with van der Waals surface area (Å²) in [5.74, 6) is 0.736. The van der Waals surface area contributed by atoms with Crippen LogP contribution in [0.3, 0.4) is 0 Å². The molecule has 120 valence electrons. The van der Waals surface area contributed by atoms with Gasteiger partial charge < -0.3 is 16.0 Å². The van der Waals surface area contributed by atoms with Crippen LogP contribution in [0.2, 0.25) is 0 Å². The van der Waals surface area contributed by atoms with Crippen molar-refractivity contribution in [1.82, 2.24) is 10.6 Å². The summed E-state index contributed by atoms with van der Waals surface area (Å²) in [6, 6.07) is 7.08. The molecular weight excluding hydrogens is 278 g/mol. The number of piperidine rings is 1. The first kappa shape index (κ1) is 16.5. The molecule has 1 saturated heterocycles. The molecule has 1 fully saturated rings. The minimum Gasteiger partial charge on any atom is -0.355 e. The molecule has 2 rings (SSSR count). The van der Waals surface area contributed by atoms with E-state index in [9.17, 15) is 9.59 Å². The highest BCUT2D eigenvalue weighted by molar-refractivity contribution is 6.03. The van der Waals surface area contributed by atoms with Crippen LogP contribution in [-0.4, -0.2) is 32.0 Å². The molecule has 5 heteroatoms. The summed E-state index contributed by atoms with van der Waals surface area (Å²) in [5.41, 5.74) is 1.07. The lowest BCUT2D eigenvalue weighted by molar-refractivity contribution is -0.117. The Labute approximate surface area is 131 Å². The summed E-state index contributed by atoms with van der Waals surface area (Å²) in [6.45, 7) is 4.21. The number of hydrogen-bond acceptors (Lipinski definition) is 3. The summed E-state index contributed by atoms with van der Waals surface area (Å²) in [7, 11) is 1.58. The fourth-order valence-corrected chi connectivity index (χ4v) is 3.00. The van der Waals surface area contributed by atoms with Crippen molar-refractivity contribution in [1.29, 1.82) is 0 Å². The van der Waals surface area contributed by atoms with E-state index in [1.807, 2.05) is 6.07 Å². The van der Waals surface area contributed by atoms with Gasteiger partial charge in [0, 0.05) is 13.5 Å². The Morgan fingerprint density at radius 1 is 1.27 bits per heavy atom. The van der Waals surface area contributed by atoms with Crippen molar-refractivity contribution in [2.24, 2.45) is 11.8 Å². The first-order valence-corrected chi connectivity index (χ1v) is 7.93. The van der Waals surface area contributed by atoms with E-state index in [1.54, 1.807) is 25.2 Å². The average molecular weight is 303 g/mol. The van der Waals surface area contributed by atoms with Crippen LogP contribution in [0.15, 0.2) is 24.3 Å². The minimum absolute atomic E-state index is 0.0256. The van der Waals surface area contributed by atoms with Crippen LogP contribution >= 0.6 is 0 Å². The molecule has 1 aromatic rings. The predicted octanol–water partition coefficient (Wildman–Crippen LogP) is 2.01. The van der Waals surface area contributed by atoms with Gasteiger partial charge in [-0.3, -0.25) is 9.59 Å². The summed E-state index contributed by atoms with van der Waals surface area (Å²) in [5, 5.41) is 8.81. The molecule has 5 nitrogen and oxygen atoms in total. The SMILES string of the molecule is CNC(=O)c1ccccc1NC(=O)CC(C)C1CCNCC1. The molecule has 2 amide bonds. The fraction of sp³-hybridized carbons (Fsp3) is 0.529. The second-order valence-corrected chi connectivity index (χ2v) is 5.94. The molecule has 3 N–H and O–H groups in total. The van der Waals surface area contributed by atoms with Gasteiger partial charge >= 0.3 is 0 Å². The number of para-hydroxylation sites is 1. The Bertz CT molecular complexity index is 524. The van der Waals surface area contributed by atoms with Crippen LogP contribution in [0.5, 0.6) is 0 Å². The van der Waals surface area contributed by atoms with Crippen LogP contribution in [0.4, 0.5) is 5.69 Å². The lowest BCUT2D eigenvalue weighted by Crippen LogP contribution is -2.32. The first-order chi connectivity index (χ1) is 10.6. The van der Waals surface area contributed by atoms with E-state index >= 15 is 0 Å². The van der Waals surface area contributed by atoms with Gasteiger partial charge in [0.25, 0.3) is 5.91 Å². The van der Waals surface area contributed by atoms with Crippen molar-refractivity contribution >= 4 is 17.5 Å². The second-order valence-electron chi connectivity index (χ2n) is 5.94. The topological polar surface area (TPSA) is 70.2 Å². The molecule has 0 spiro atoms. The monoisotopic (exact) mass is 303 g/mol. The third-order valence-corrected chi connectivity index (χ3v) is 4.37. The maximum atomic E-state index is 12.3. The zero-order valence-corrected chi connectivity index (χ0v) is 13.3. The zero-order chi connectivity index (χ0) is 15.9. The van der Waals surface area contributed by atoms with Gasteiger partial charge in [-0.2, -0.15) is 0 Å². The second kappa shape index (κ2) is 7.94. The molecular formula is C17H25N3O2. The van der Waals surface area contributed by atoms with Gasteiger partial charge in [0.1, 0.15) is 0 Å². The van der Waals surface area contributed by atoms with Crippen LogP contribution in [0, 0.1) is 11.8 Å². The quantitative estimate of drug-likeness (QED) is 0.779. The maximum Gasteiger partial charge on any atom is 0.253 e. The summed E-state index contributed by atoms with van der Waals surface area (Å²) in [4.78, 5) is 24.1. The molecule has 0 bridgehead atoms. The summed E-state index contributed by atoms with van der Waals surface area (Å²) >= 11 is 0. The molecule has 1 unspecified atom stereocenters. The molecule has 0 aromatic heterocycles. The summed E-state index contributed by atoms with van der Waals surface area (Å²) in [6.07, 6.45) is 2.75. The fourth-order valence-electron chi connectivity index (χ4n) is 3.00. The molecule has 1 heterocycles. The van der Waals surface area contributed by atoms with Crippen LogP contribution in [-0.2, 0) is 4.79 Å². The van der Waals surface area contributed by atoms with Gasteiger partial charge in [-0.15, -0.1) is 0 Å². The Kier molecular flexibility index (Phi) is 5.95. The highest BCUT2D eigenvalue weighted by Crippen LogP contribution is 2.25. The van der Waals surface area contributed by atoms with Gasteiger partial charge in [0.2, 0.25) is 5.91 Å². The van der Waals surface area contributed by atoms with Crippen molar-refractivity contribution < 1.29 is 9.59 Å². The number of amides is 2. The lowest BCUT2D eigenvalue weighted by Gasteiger charge is -2.28. The van der Waals surface area contributed by atoms with E-state index in [-0.39, 0.29) is 11.8 Å². The Hall–Kier alpha value is -1.88. The standard InChI is InChI=1S/C17H25N3O2/c1-12(13-7-9-19-10-8-13)11-16(21)20-15-6-4-3-5-14(15)17(22)18-2/h3-6,12-13,19H,7-11H2,1-2H3,(H,18,22)(H,20,21). The van der Waals surface area contributed by atoms with E-state index < -0.39 is 0 Å². The van der Waals surface area contributed by atoms with E-state index in [1.165, 1.54) is 0 Å². The van der Waals surface area contributed by atoms with Crippen molar-refractivity contribution in [3.8, 4) is 0 Å². The highest BCUT2D eigenvalue weighted by atomic mass is 16.2. The predicted molar refractivity (Wildman–Crippen MR) is 87.8 cm³/mol. The smallest absolute Gasteiger partial charge is 0.253 e. The van der Waals surface area contributed by atoms with Gasteiger partial charge in [0.05, 0.1) is 11.3 Å². The number of benzene rings is 1. The third kappa shape index (κ3) is 4.31. The largest absolute Gasteiger partial charge is 0.355 e. The van der Waals surface area contributed by atoms with Gasteiger partial charge in [-0.1, -0.05) is 19.1 Å².